The van der Waals surface area contributed by atoms with Gasteiger partial charge in [-0.3, -0.25) is 9.52 Å². The predicted molar refractivity (Wildman–Crippen MR) is 97.2 cm³/mol. The highest BCUT2D eigenvalue weighted by atomic mass is 32.2. The van der Waals surface area contributed by atoms with E-state index in [9.17, 15) is 13.2 Å². The average Bonchev–Trinajstić information content (AvgIpc) is 2.58. The van der Waals surface area contributed by atoms with Crippen molar-refractivity contribution in [1.82, 2.24) is 5.32 Å². The first kappa shape index (κ1) is 18.8. The van der Waals surface area contributed by atoms with Gasteiger partial charge in [0.05, 0.1) is 4.90 Å². The van der Waals surface area contributed by atoms with Crippen molar-refractivity contribution in [3.8, 4) is 5.75 Å². The maximum Gasteiger partial charge on any atom is 0.261 e. The van der Waals surface area contributed by atoms with E-state index in [-0.39, 0.29) is 17.4 Å². The van der Waals surface area contributed by atoms with Gasteiger partial charge in [-0.2, -0.15) is 0 Å². The van der Waals surface area contributed by atoms with Crippen molar-refractivity contribution in [2.45, 2.75) is 25.2 Å². The van der Waals surface area contributed by atoms with Gasteiger partial charge in [-0.1, -0.05) is 19.1 Å². The van der Waals surface area contributed by atoms with Gasteiger partial charge in [0.25, 0.3) is 15.9 Å². The molecule has 0 saturated heterocycles. The lowest BCUT2D eigenvalue weighted by molar-refractivity contribution is -0.123. The number of sulfonamides is 1. The molecule has 0 spiro atoms. The summed E-state index contributed by atoms with van der Waals surface area (Å²) >= 11 is 0. The second-order valence-electron chi connectivity index (χ2n) is 5.59. The van der Waals surface area contributed by atoms with E-state index in [4.69, 9.17) is 4.74 Å². The number of carbonyl (C=O) groups is 1. The van der Waals surface area contributed by atoms with Crippen LogP contribution in [0.15, 0.2) is 53.4 Å². The van der Waals surface area contributed by atoms with Gasteiger partial charge in [-0.15, -0.1) is 0 Å². The lowest BCUT2D eigenvalue weighted by Crippen LogP contribution is -2.29. The standard InChI is InChI=1S/C18H22N2O4S/c1-3-11-19-18(21)13-24-16-7-9-17(10-8-16)25(22,23)20-15-6-4-5-14(2)12-15/h4-10,12,20H,3,11,13H2,1-2H3,(H,19,21). The number of benzene rings is 2. The third kappa shape index (κ3) is 5.79. The molecule has 134 valence electrons. The first-order valence-electron chi connectivity index (χ1n) is 8.00. The molecule has 0 radical (unpaired) electrons. The van der Waals surface area contributed by atoms with E-state index in [0.717, 1.165) is 12.0 Å². The van der Waals surface area contributed by atoms with Crippen molar-refractivity contribution in [2.24, 2.45) is 0 Å². The third-order valence-electron chi connectivity index (χ3n) is 3.35. The Labute approximate surface area is 148 Å². The second kappa shape index (κ2) is 8.53. The molecule has 25 heavy (non-hydrogen) atoms. The molecule has 0 aromatic heterocycles. The summed E-state index contributed by atoms with van der Waals surface area (Å²) in [6.45, 7) is 4.35. The van der Waals surface area contributed by atoms with Crippen LogP contribution in [0.2, 0.25) is 0 Å². The number of hydrogen-bond donors (Lipinski definition) is 2. The molecule has 0 unspecified atom stereocenters. The van der Waals surface area contributed by atoms with E-state index >= 15 is 0 Å². The summed E-state index contributed by atoms with van der Waals surface area (Å²) in [5.41, 5.74) is 1.47. The Morgan fingerprint density at radius 3 is 2.48 bits per heavy atom. The van der Waals surface area contributed by atoms with E-state index in [1.807, 2.05) is 19.9 Å². The van der Waals surface area contributed by atoms with Crippen molar-refractivity contribution in [1.29, 1.82) is 0 Å². The van der Waals surface area contributed by atoms with E-state index in [0.29, 0.717) is 18.0 Å². The third-order valence-corrected chi connectivity index (χ3v) is 4.74. The monoisotopic (exact) mass is 362 g/mol. The van der Waals surface area contributed by atoms with Crippen LogP contribution in [0.1, 0.15) is 18.9 Å². The Kier molecular flexibility index (Phi) is 6.41. The molecular weight excluding hydrogens is 340 g/mol. The van der Waals surface area contributed by atoms with Crippen LogP contribution >= 0.6 is 0 Å². The molecule has 1 amide bonds. The first-order chi connectivity index (χ1) is 11.9. The second-order valence-corrected chi connectivity index (χ2v) is 7.27. The van der Waals surface area contributed by atoms with Gasteiger partial charge in [0.1, 0.15) is 5.75 Å². The molecule has 7 heteroatoms. The molecule has 0 bridgehead atoms. The van der Waals surface area contributed by atoms with Crippen molar-refractivity contribution in [3.05, 3.63) is 54.1 Å². The molecule has 2 rings (SSSR count). The van der Waals surface area contributed by atoms with Crippen LogP contribution in [0.25, 0.3) is 0 Å². The molecule has 0 heterocycles. The Bertz CT molecular complexity index is 817. The van der Waals surface area contributed by atoms with Gasteiger partial charge in [0.15, 0.2) is 6.61 Å². The van der Waals surface area contributed by atoms with Crippen LogP contribution in [0.4, 0.5) is 5.69 Å². The van der Waals surface area contributed by atoms with Crippen molar-refractivity contribution in [3.63, 3.8) is 0 Å². The molecule has 2 N–H and O–H groups in total. The van der Waals surface area contributed by atoms with Gasteiger partial charge < -0.3 is 10.1 Å². The minimum absolute atomic E-state index is 0.104. The van der Waals surface area contributed by atoms with Crippen LogP contribution in [0.3, 0.4) is 0 Å². The molecule has 0 fully saturated rings. The Morgan fingerprint density at radius 1 is 1.12 bits per heavy atom. The molecular formula is C18H22N2O4S. The van der Waals surface area contributed by atoms with Crippen LogP contribution in [0.5, 0.6) is 5.75 Å². The SMILES string of the molecule is CCCNC(=O)COc1ccc(S(=O)(=O)Nc2cccc(C)c2)cc1. The highest BCUT2D eigenvalue weighted by Crippen LogP contribution is 2.19. The zero-order chi connectivity index (χ0) is 18.3. The normalized spacial score (nSPS) is 11.0. The number of ether oxygens (including phenoxy) is 1. The molecule has 6 nitrogen and oxygen atoms in total. The number of hydrogen-bond acceptors (Lipinski definition) is 4. The Morgan fingerprint density at radius 2 is 1.84 bits per heavy atom. The van der Waals surface area contributed by atoms with E-state index < -0.39 is 10.0 Å². The van der Waals surface area contributed by atoms with Crippen molar-refractivity contribution >= 4 is 21.6 Å². The maximum absolute atomic E-state index is 12.4. The average molecular weight is 362 g/mol. The number of aryl methyl sites for hydroxylation is 1. The molecule has 0 aliphatic rings. The summed E-state index contributed by atoms with van der Waals surface area (Å²) < 4.78 is 32.7. The molecule has 2 aromatic rings. The predicted octanol–water partition coefficient (Wildman–Crippen LogP) is 2.70. The topological polar surface area (TPSA) is 84.5 Å². The number of amides is 1. The fourth-order valence-electron chi connectivity index (χ4n) is 2.10. The molecule has 0 saturated carbocycles. The molecule has 2 aromatic carbocycles. The summed E-state index contributed by atoms with van der Waals surface area (Å²) in [5.74, 6) is 0.223. The van der Waals surface area contributed by atoms with Gasteiger partial charge in [-0.05, 0) is 55.3 Å². The molecule has 0 aliphatic heterocycles. The fourth-order valence-corrected chi connectivity index (χ4v) is 3.15. The number of rotatable bonds is 8. The van der Waals surface area contributed by atoms with Crippen LogP contribution in [0, 0.1) is 6.92 Å². The summed E-state index contributed by atoms with van der Waals surface area (Å²) in [7, 11) is -3.67. The summed E-state index contributed by atoms with van der Waals surface area (Å²) in [4.78, 5) is 11.6. The number of carbonyl (C=O) groups excluding carboxylic acids is 1. The zero-order valence-electron chi connectivity index (χ0n) is 14.3. The first-order valence-corrected chi connectivity index (χ1v) is 9.48. The number of nitrogens with one attached hydrogen (secondary N) is 2. The van der Waals surface area contributed by atoms with Crippen LogP contribution < -0.4 is 14.8 Å². The quantitative estimate of drug-likeness (QED) is 0.756. The fraction of sp³-hybridized carbons (Fsp3) is 0.278. The molecule has 0 atom stereocenters. The number of anilines is 1. The highest BCUT2D eigenvalue weighted by Gasteiger charge is 2.14. The Hall–Kier alpha value is -2.54. The van der Waals surface area contributed by atoms with Gasteiger partial charge in [0.2, 0.25) is 0 Å². The van der Waals surface area contributed by atoms with E-state index in [2.05, 4.69) is 10.0 Å². The van der Waals surface area contributed by atoms with Gasteiger partial charge in [-0.25, -0.2) is 8.42 Å². The van der Waals surface area contributed by atoms with Gasteiger partial charge >= 0.3 is 0 Å². The summed E-state index contributed by atoms with van der Waals surface area (Å²) in [5, 5.41) is 2.70. The maximum atomic E-state index is 12.4. The minimum atomic E-state index is -3.67. The highest BCUT2D eigenvalue weighted by molar-refractivity contribution is 7.92. The Balaban J connectivity index is 1.99. The summed E-state index contributed by atoms with van der Waals surface area (Å²) in [6, 6.07) is 13.1. The van der Waals surface area contributed by atoms with Crippen LogP contribution in [-0.2, 0) is 14.8 Å². The zero-order valence-corrected chi connectivity index (χ0v) is 15.1. The summed E-state index contributed by atoms with van der Waals surface area (Å²) in [6.07, 6.45) is 0.853. The largest absolute Gasteiger partial charge is 0.484 e. The minimum Gasteiger partial charge on any atom is -0.484 e. The van der Waals surface area contributed by atoms with Gasteiger partial charge in [0, 0.05) is 12.2 Å². The lowest BCUT2D eigenvalue weighted by Gasteiger charge is -2.10. The molecule has 0 aliphatic carbocycles. The van der Waals surface area contributed by atoms with Crippen molar-refractivity contribution in [2.75, 3.05) is 17.9 Å². The van der Waals surface area contributed by atoms with E-state index in [1.54, 1.807) is 18.2 Å². The lowest BCUT2D eigenvalue weighted by atomic mass is 10.2. The van der Waals surface area contributed by atoms with Crippen LogP contribution in [-0.4, -0.2) is 27.5 Å². The van der Waals surface area contributed by atoms with Crippen molar-refractivity contribution < 1.29 is 17.9 Å². The smallest absolute Gasteiger partial charge is 0.261 e. The van der Waals surface area contributed by atoms with E-state index in [1.165, 1.54) is 24.3 Å².